The van der Waals surface area contributed by atoms with Gasteiger partial charge in [0.25, 0.3) is 0 Å². The third-order valence-corrected chi connectivity index (χ3v) is 3.83. The second kappa shape index (κ2) is 4.57. The zero-order valence-corrected chi connectivity index (χ0v) is 11.0. The maximum absolute atomic E-state index is 12.2. The highest BCUT2D eigenvalue weighted by molar-refractivity contribution is 5.92. The van der Waals surface area contributed by atoms with E-state index in [4.69, 9.17) is 15.2 Å². The first-order valence-electron chi connectivity index (χ1n) is 6.55. The normalized spacial score (nSPS) is 31.2. The van der Waals surface area contributed by atoms with Gasteiger partial charge >= 0.3 is 5.97 Å². The maximum atomic E-state index is 12.2. The number of ether oxygens (including phenoxy) is 2. The van der Waals surface area contributed by atoms with Crippen molar-refractivity contribution < 1.29 is 14.3 Å². The largest absolute Gasteiger partial charge is 0.454 e. The van der Waals surface area contributed by atoms with Gasteiger partial charge in [0.05, 0.1) is 17.1 Å². The highest BCUT2D eigenvalue weighted by atomic mass is 16.6. The minimum Gasteiger partial charge on any atom is -0.454 e. The molecular weight excluding hydrogens is 256 g/mol. The van der Waals surface area contributed by atoms with E-state index in [1.54, 1.807) is 0 Å². The summed E-state index contributed by atoms with van der Waals surface area (Å²) >= 11 is 0. The maximum Gasteiger partial charge on any atom is 0.338 e. The van der Waals surface area contributed by atoms with Crippen LogP contribution in [0.25, 0.3) is 0 Å². The van der Waals surface area contributed by atoms with Crippen LogP contribution in [-0.2, 0) is 14.3 Å². The highest BCUT2D eigenvalue weighted by Crippen LogP contribution is 2.42. The number of carbonyl (C=O) groups excluding carboxylic acids is 1. The molecule has 0 saturated heterocycles. The third kappa shape index (κ3) is 1.65. The monoisotopic (exact) mass is 270 g/mol. The lowest BCUT2D eigenvalue weighted by Gasteiger charge is -2.37. The molecule has 5 nitrogen and oxygen atoms in total. The molecular formula is C15H14N2O3. The fourth-order valence-corrected chi connectivity index (χ4v) is 2.87. The average molecular weight is 270 g/mol. The number of nitriles is 1. The number of nitrogens with zero attached hydrogens (tertiary/aromatic N) is 1. The fourth-order valence-electron chi connectivity index (χ4n) is 2.87. The van der Waals surface area contributed by atoms with Crippen molar-refractivity contribution in [3.63, 3.8) is 0 Å². The number of carbonyl (C=O) groups is 1. The molecule has 102 valence electrons. The van der Waals surface area contributed by atoms with Crippen molar-refractivity contribution in [1.29, 1.82) is 5.26 Å². The van der Waals surface area contributed by atoms with Crippen LogP contribution >= 0.6 is 0 Å². The van der Waals surface area contributed by atoms with E-state index >= 15 is 0 Å². The Hall–Kier alpha value is -2.48. The number of hydrogen-bond donors (Lipinski definition) is 1. The van der Waals surface area contributed by atoms with Crippen LogP contribution in [0.15, 0.2) is 47.1 Å². The molecule has 0 aromatic carbocycles. The molecule has 0 fully saturated rings. The molecule has 0 aromatic heterocycles. The van der Waals surface area contributed by atoms with Gasteiger partial charge in [0.1, 0.15) is 17.9 Å². The second-order valence-electron chi connectivity index (χ2n) is 4.90. The summed E-state index contributed by atoms with van der Waals surface area (Å²) in [7, 11) is 0. The summed E-state index contributed by atoms with van der Waals surface area (Å²) in [5, 5.41) is 9.20. The molecule has 2 N–H and O–H groups in total. The van der Waals surface area contributed by atoms with Crippen LogP contribution in [0.2, 0.25) is 0 Å². The molecule has 2 heterocycles. The molecule has 0 aromatic rings. The van der Waals surface area contributed by atoms with E-state index in [0.29, 0.717) is 23.3 Å². The Kier molecular flexibility index (Phi) is 2.87. The number of fused-ring (bicyclic) bond motifs is 2. The summed E-state index contributed by atoms with van der Waals surface area (Å²) in [6, 6.07) is 2.04. The standard InChI is InChI=1S/C15H14N2O3/c1-2-8-10(7-16)14(17)20-13-9-5-3-4-6-11(9)19-15(18)12(8)13/h3-6,8-9,11H,2,17H2,1H3/t8-,9-,11-/m0/s1. The van der Waals surface area contributed by atoms with Gasteiger partial charge in [0.2, 0.25) is 5.88 Å². The Morgan fingerprint density at radius 3 is 2.85 bits per heavy atom. The van der Waals surface area contributed by atoms with E-state index in [0.717, 1.165) is 0 Å². The van der Waals surface area contributed by atoms with Crippen molar-refractivity contribution in [3.8, 4) is 6.07 Å². The van der Waals surface area contributed by atoms with Gasteiger partial charge in [-0.15, -0.1) is 0 Å². The zero-order valence-electron chi connectivity index (χ0n) is 11.0. The van der Waals surface area contributed by atoms with Crippen LogP contribution in [0, 0.1) is 23.2 Å². The summed E-state index contributed by atoms with van der Waals surface area (Å²) < 4.78 is 11.0. The zero-order chi connectivity index (χ0) is 14.3. The molecule has 3 rings (SSSR count). The van der Waals surface area contributed by atoms with Crippen molar-refractivity contribution in [1.82, 2.24) is 0 Å². The van der Waals surface area contributed by atoms with Crippen LogP contribution < -0.4 is 5.73 Å². The molecule has 0 bridgehead atoms. The van der Waals surface area contributed by atoms with Crippen LogP contribution in [0.4, 0.5) is 0 Å². The average Bonchev–Trinajstić information content (AvgIpc) is 2.46. The lowest BCUT2D eigenvalue weighted by molar-refractivity contribution is -0.147. The lowest BCUT2D eigenvalue weighted by atomic mass is 9.80. The molecule has 0 spiro atoms. The first-order valence-corrected chi connectivity index (χ1v) is 6.55. The first-order chi connectivity index (χ1) is 9.67. The molecule has 0 radical (unpaired) electrons. The minimum absolute atomic E-state index is 0.0921. The van der Waals surface area contributed by atoms with E-state index in [1.165, 1.54) is 0 Å². The Labute approximate surface area is 116 Å². The van der Waals surface area contributed by atoms with Crippen molar-refractivity contribution in [3.05, 3.63) is 47.1 Å². The van der Waals surface area contributed by atoms with Crippen molar-refractivity contribution in [2.24, 2.45) is 17.6 Å². The SMILES string of the molecule is CC[C@H]1C(C#N)=C(N)OC2=C1C(=O)O[C@H]1C=CC=C[C@H]21. The van der Waals surface area contributed by atoms with Crippen molar-refractivity contribution >= 4 is 5.97 Å². The summed E-state index contributed by atoms with van der Waals surface area (Å²) in [5.74, 6) is -0.324. The number of esters is 1. The number of nitrogens with two attached hydrogens (primary N) is 1. The fraction of sp³-hybridized carbons (Fsp3) is 0.333. The Balaban J connectivity index is 2.11. The Morgan fingerprint density at radius 2 is 2.15 bits per heavy atom. The van der Waals surface area contributed by atoms with Gasteiger partial charge in [-0.05, 0) is 12.5 Å². The van der Waals surface area contributed by atoms with Crippen molar-refractivity contribution in [2.45, 2.75) is 19.4 Å². The first kappa shape index (κ1) is 12.5. The highest BCUT2D eigenvalue weighted by Gasteiger charge is 2.44. The third-order valence-electron chi connectivity index (χ3n) is 3.83. The molecule has 2 aliphatic heterocycles. The van der Waals surface area contributed by atoms with Gasteiger partial charge in [-0.2, -0.15) is 5.26 Å². The van der Waals surface area contributed by atoms with Gasteiger partial charge in [-0.3, -0.25) is 0 Å². The van der Waals surface area contributed by atoms with E-state index in [-0.39, 0.29) is 23.8 Å². The van der Waals surface area contributed by atoms with Crippen LogP contribution in [0.5, 0.6) is 0 Å². The van der Waals surface area contributed by atoms with Gasteiger partial charge in [0.15, 0.2) is 0 Å². The second-order valence-corrected chi connectivity index (χ2v) is 4.90. The molecule has 0 saturated carbocycles. The lowest BCUT2D eigenvalue weighted by Crippen LogP contribution is -2.39. The summed E-state index contributed by atoms with van der Waals surface area (Å²) in [6.07, 6.45) is 7.69. The smallest absolute Gasteiger partial charge is 0.338 e. The molecule has 5 heteroatoms. The summed E-state index contributed by atoms with van der Waals surface area (Å²) in [4.78, 5) is 12.2. The van der Waals surface area contributed by atoms with Crippen LogP contribution in [0.3, 0.4) is 0 Å². The summed E-state index contributed by atoms with van der Waals surface area (Å²) in [6.45, 7) is 1.90. The van der Waals surface area contributed by atoms with E-state index in [9.17, 15) is 10.1 Å². The predicted octanol–water partition coefficient (Wildman–Crippen LogP) is 1.66. The van der Waals surface area contributed by atoms with E-state index in [2.05, 4.69) is 0 Å². The number of hydrogen-bond acceptors (Lipinski definition) is 5. The van der Waals surface area contributed by atoms with Gasteiger partial charge in [-0.1, -0.05) is 25.2 Å². The molecule has 3 atom stereocenters. The van der Waals surface area contributed by atoms with Crippen LogP contribution in [0.1, 0.15) is 13.3 Å². The molecule has 0 unspecified atom stereocenters. The minimum atomic E-state index is -0.423. The molecule has 0 amide bonds. The van der Waals surface area contributed by atoms with Crippen molar-refractivity contribution in [2.75, 3.05) is 0 Å². The predicted molar refractivity (Wildman–Crippen MR) is 70.4 cm³/mol. The van der Waals surface area contributed by atoms with Crippen LogP contribution in [-0.4, -0.2) is 12.1 Å². The molecule has 20 heavy (non-hydrogen) atoms. The van der Waals surface area contributed by atoms with E-state index in [1.807, 2.05) is 37.3 Å². The Morgan fingerprint density at radius 1 is 1.40 bits per heavy atom. The molecule has 3 aliphatic rings. The van der Waals surface area contributed by atoms with Gasteiger partial charge < -0.3 is 15.2 Å². The van der Waals surface area contributed by atoms with Gasteiger partial charge in [-0.25, -0.2) is 4.79 Å². The number of allylic oxidation sites excluding steroid dienone is 3. The Bertz CT molecular complexity index is 634. The molecule has 1 aliphatic carbocycles. The summed E-state index contributed by atoms with van der Waals surface area (Å²) in [5.41, 5.74) is 6.57. The van der Waals surface area contributed by atoms with E-state index < -0.39 is 5.97 Å². The van der Waals surface area contributed by atoms with Gasteiger partial charge in [0, 0.05) is 5.92 Å². The number of rotatable bonds is 1. The topological polar surface area (TPSA) is 85.3 Å². The quantitative estimate of drug-likeness (QED) is 0.732.